The average molecular weight is 430 g/mol. The molecule has 2 aromatic carbocycles. The van der Waals surface area contributed by atoms with Crippen LogP contribution in [0, 0.1) is 0 Å². The summed E-state index contributed by atoms with van der Waals surface area (Å²) >= 11 is 6.41. The van der Waals surface area contributed by atoms with Gasteiger partial charge in [0.1, 0.15) is 4.32 Å². The lowest BCUT2D eigenvalue weighted by Crippen LogP contribution is -2.37. The van der Waals surface area contributed by atoms with Crippen molar-refractivity contribution in [3.05, 3.63) is 64.6 Å². The largest absolute Gasteiger partial charge is 0.493 e. The van der Waals surface area contributed by atoms with Gasteiger partial charge in [-0.05, 0) is 36.3 Å². The summed E-state index contributed by atoms with van der Waals surface area (Å²) < 4.78 is 11.0. The quantitative estimate of drug-likeness (QED) is 0.524. The molecule has 0 spiro atoms. The number of thioether (sulfide) groups is 1. The number of hydrogen-bond donors (Lipinski definition) is 1. The number of aliphatic carboxylic acids is 1. The van der Waals surface area contributed by atoms with E-state index in [9.17, 15) is 14.7 Å². The number of ether oxygens (including phenoxy) is 2. The maximum atomic E-state index is 13.0. The van der Waals surface area contributed by atoms with Gasteiger partial charge in [-0.3, -0.25) is 9.69 Å². The summed E-state index contributed by atoms with van der Waals surface area (Å²) in [6.07, 6.45) is 1.67. The molecule has 0 bridgehead atoms. The van der Waals surface area contributed by atoms with E-state index in [4.69, 9.17) is 21.7 Å². The highest BCUT2D eigenvalue weighted by molar-refractivity contribution is 8.26. The minimum Gasteiger partial charge on any atom is -0.493 e. The number of benzene rings is 2. The Morgan fingerprint density at radius 3 is 2.59 bits per heavy atom. The van der Waals surface area contributed by atoms with Gasteiger partial charge in [0.25, 0.3) is 5.91 Å². The molecular weight excluding hydrogens is 410 g/mol. The van der Waals surface area contributed by atoms with Gasteiger partial charge in [-0.1, -0.05) is 60.4 Å². The van der Waals surface area contributed by atoms with Gasteiger partial charge in [0.2, 0.25) is 0 Å². The molecule has 1 atom stereocenters. The minimum absolute atomic E-state index is 0.204. The summed E-state index contributed by atoms with van der Waals surface area (Å²) in [6, 6.07) is 12.7. The van der Waals surface area contributed by atoms with Gasteiger partial charge in [0.05, 0.1) is 18.6 Å². The Kier molecular flexibility index (Phi) is 6.56. The van der Waals surface area contributed by atoms with Crippen molar-refractivity contribution in [2.24, 2.45) is 0 Å². The van der Waals surface area contributed by atoms with Crippen molar-refractivity contribution in [1.29, 1.82) is 0 Å². The van der Waals surface area contributed by atoms with Crippen LogP contribution >= 0.6 is 24.0 Å². The lowest BCUT2D eigenvalue weighted by atomic mass is 10.1. The van der Waals surface area contributed by atoms with Crippen molar-refractivity contribution in [2.45, 2.75) is 13.0 Å². The summed E-state index contributed by atoms with van der Waals surface area (Å²) in [5, 5.41) is 9.74. The molecule has 2 aromatic rings. The van der Waals surface area contributed by atoms with E-state index in [-0.39, 0.29) is 4.32 Å². The van der Waals surface area contributed by atoms with E-state index in [1.165, 1.54) is 0 Å². The van der Waals surface area contributed by atoms with E-state index >= 15 is 0 Å². The van der Waals surface area contributed by atoms with E-state index < -0.39 is 17.9 Å². The zero-order valence-corrected chi connectivity index (χ0v) is 17.5. The molecule has 0 unspecified atom stereocenters. The number of hydrogen-bond acceptors (Lipinski definition) is 6. The Hall–Kier alpha value is -2.84. The third-order valence-corrected chi connectivity index (χ3v) is 5.55. The Morgan fingerprint density at radius 1 is 1.24 bits per heavy atom. The molecule has 3 rings (SSSR count). The number of amides is 1. The Balaban J connectivity index is 1.93. The topological polar surface area (TPSA) is 76.1 Å². The zero-order chi connectivity index (χ0) is 21.0. The second-order valence-corrected chi connectivity index (χ2v) is 7.72. The third-order valence-electron chi connectivity index (χ3n) is 4.22. The lowest BCUT2D eigenvalue weighted by Gasteiger charge is -2.23. The van der Waals surface area contributed by atoms with Crippen LogP contribution in [0.4, 0.5) is 0 Å². The summed E-state index contributed by atoms with van der Waals surface area (Å²) in [7, 11) is 1.54. The first-order chi connectivity index (χ1) is 14.0. The number of nitrogens with zero attached hydrogens (tertiary/aromatic N) is 1. The SMILES string of the molecule is CCOc1ccc(/C=C2\SC(=S)N([C@@H](C(=O)O)c3ccccc3)C2=O)cc1OC. The van der Waals surface area contributed by atoms with Crippen molar-refractivity contribution in [1.82, 2.24) is 4.90 Å². The van der Waals surface area contributed by atoms with E-state index in [2.05, 4.69) is 0 Å². The van der Waals surface area contributed by atoms with Crippen molar-refractivity contribution in [3.8, 4) is 11.5 Å². The normalized spacial score (nSPS) is 16.2. The number of carbonyl (C=O) groups excluding carboxylic acids is 1. The number of rotatable bonds is 7. The van der Waals surface area contributed by atoms with Gasteiger partial charge in [-0.25, -0.2) is 4.79 Å². The summed E-state index contributed by atoms with van der Waals surface area (Å²) in [5.41, 5.74) is 1.21. The Bertz CT molecular complexity index is 974. The second-order valence-electron chi connectivity index (χ2n) is 6.05. The molecule has 150 valence electrons. The molecule has 1 fully saturated rings. The molecular formula is C21H19NO5S2. The molecule has 1 aliphatic heterocycles. The molecule has 0 aromatic heterocycles. The van der Waals surface area contributed by atoms with Crippen LogP contribution in [0.2, 0.25) is 0 Å². The van der Waals surface area contributed by atoms with Crippen LogP contribution in [-0.4, -0.2) is 39.9 Å². The van der Waals surface area contributed by atoms with Crippen LogP contribution < -0.4 is 9.47 Å². The number of carbonyl (C=O) groups is 2. The fraction of sp³-hybridized carbons (Fsp3) is 0.190. The molecule has 6 nitrogen and oxygen atoms in total. The summed E-state index contributed by atoms with van der Waals surface area (Å²) in [5.74, 6) is -0.431. The van der Waals surface area contributed by atoms with Crippen molar-refractivity contribution in [3.63, 3.8) is 0 Å². The molecule has 0 aliphatic carbocycles. The first kappa shape index (κ1) is 20.9. The fourth-order valence-electron chi connectivity index (χ4n) is 2.94. The molecule has 1 N–H and O–H groups in total. The molecule has 0 saturated carbocycles. The molecule has 29 heavy (non-hydrogen) atoms. The van der Waals surface area contributed by atoms with Gasteiger partial charge in [0.15, 0.2) is 17.5 Å². The van der Waals surface area contributed by atoms with E-state index in [1.807, 2.05) is 6.92 Å². The predicted octanol–water partition coefficient (Wildman–Crippen LogP) is 4.12. The summed E-state index contributed by atoms with van der Waals surface area (Å²) in [4.78, 5) is 26.4. The van der Waals surface area contributed by atoms with Gasteiger partial charge in [0, 0.05) is 0 Å². The van der Waals surface area contributed by atoms with Crippen molar-refractivity contribution < 1.29 is 24.2 Å². The second kappa shape index (κ2) is 9.11. The lowest BCUT2D eigenvalue weighted by molar-refractivity contribution is -0.145. The highest BCUT2D eigenvalue weighted by atomic mass is 32.2. The predicted molar refractivity (Wildman–Crippen MR) is 116 cm³/mol. The van der Waals surface area contributed by atoms with Crippen LogP contribution in [0.25, 0.3) is 6.08 Å². The smallest absolute Gasteiger partial charge is 0.331 e. The van der Waals surface area contributed by atoms with Crippen LogP contribution in [-0.2, 0) is 9.59 Å². The third kappa shape index (κ3) is 4.44. The van der Waals surface area contributed by atoms with E-state index in [0.29, 0.717) is 28.6 Å². The standard InChI is InChI=1S/C21H19NO5S2/c1-3-27-15-10-9-13(11-16(15)26-2)12-17-19(23)22(21(28)29-17)18(20(24)25)14-7-5-4-6-8-14/h4-12,18H,3H2,1-2H3,(H,24,25)/b17-12-/t18-/m1/s1. The van der Waals surface area contributed by atoms with E-state index in [0.717, 1.165) is 22.2 Å². The molecule has 1 heterocycles. The van der Waals surface area contributed by atoms with Crippen LogP contribution in [0.3, 0.4) is 0 Å². The number of methoxy groups -OCH3 is 1. The van der Waals surface area contributed by atoms with Crippen LogP contribution in [0.5, 0.6) is 11.5 Å². The highest BCUT2D eigenvalue weighted by Gasteiger charge is 2.41. The Labute approximate surface area is 178 Å². The van der Waals surface area contributed by atoms with Gasteiger partial charge in [-0.15, -0.1) is 0 Å². The first-order valence-electron chi connectivity index (χ1n) is 8.82. The van der Waals surface area contributed by atoms with Crippen molar-refractivity contribution >= 4 is 46.3 Å². The summed E-state index contributed by atoms with van der Waals surface area (Å²) in [6.45, 7) is 2.38. The average Bonchev–Trinajstić information content (AvgIpc) is 2.98. The molecule has 1 saturated heterocycles. The fourth-order valence-corrected chi connectivity index (χ4v) is 4.25. The molecule has 1 amide bonds. The number of carboxylic acids is 1. The monoisotopic (exact) mass is 429 g/mol. The Morgan fingerprint density at radius 2 is 1.97 bits per heavy atom. The number of thiocarbonyl (C=S) groups is 1. The maximum Gasteiger partial charge on any atom is 0.331 e. The van der Waals surface area contributed by atoms with Gasteiger partial charge in [-0.2, -0.15) is 0 Å². The molecule has 1 aliphatic rings. The van der Waals surface area contributed by atoms with Gasteiger partial charge < -0.3 is 14.6 Å². The zero-order valence-electron chi connectivity index (χ0n) is 15.8. The maximum absolute atomic E-state index is 13.0. The van der Waals surface area contributed by atoms with Gasteiger partial charge >= 0.3 is 5.97 Å². The van der Waals surface area contributed by atoms with Crippen LogP contribution in [0.15, 0.2) is 53.4 Å². The molecule has 8 heteroatoms. The highest BCUT2D eigenvalue weighted by Crippen LogP contribution is 2.39. The van der Waals surface area contributed by atoms with Crippen molar-refractivity contribution in [2.75, 3.05) is 13.7 Å². The van der Waals surface area contributed by atoms with E-state index in [1.54, 1.807) is 61.7 Å². The number of carboxylic acid groups (broad SMARTS) is 1. The van der Waals surface area contributed by atoms with Crippen LogP contribution in [0.1, 0.15) is 24.1 Å². The minimum atomic E-state index is -1.18. The molecule has 0 radical (unpaired) electrons. The first-order valence-corrected chi connectivity index (χ1v) is 10.0.